The maximum Gasteiger partial charge on any atom is 0.261 e. The summed E-state index contributed by atoms with van der Waals surface area (Å²) in [6.45, 7) is 2.88. The van der Waals surface area contributed by atoms with Gasteiger partial charge in [0.05, 0.1) is 4.90 Å². The Labute approximate surface area is 158 Å². The van der Waals surface area contributed by atoms with Crippen LogP contribution in [0.4, 0.5) is 5.69 Å². The molecule has 3 rings (SSSR count). The molecule has 1 amide bonds. The summed E-state index contributed by atoms with van der Waals surface area (Å²) in [6.07, 6.45) is 0. The number of sulfonamides is 1. The third kappa shape index (κ3) is 4.35. The molecule has 26 heavy (non-hydrogen) atoms. The van der Waals surface area contributed by atoms with E-state index in [4.69, 9.17) is 11.6 Å². The molecule has 0 aromatic heterocycles. The van der Waals surface area contributed by atoms with Gasteiger partial charge in [-0.1, -0.05) is 17.7 Å². The summed E-state index contributed by atoms with van der Waals surface area (Å²) in [4.78, 5) is 16.6. The van der Waals surface area contributed by atoms with Gasteiger partial charge in [-0.15, -0.1) is 0 Å². The van der Waals surface area contributed by atoms with Gasteiger partial charge in [0.2, 0.25) is 0 Å². The molecule has 0 aliphatic carbocycles. The van der Waals surface area contributed by atoms with E-state index < -0.39 is 10.0 Å². The molecule has 8 heteroatoms. The molecule has 1 N–H and O–H groups in total. The monoisotopic (exact) mass is 393 g/mol. The first kappa shape index (κ1) is 18.7. The Bertz CT molecular complexity index is 892. The highest BCUT2D eigenvalue weighted by Gasteiger charge is 2.22. The number of hydrogen-bond acceptors (Lipinski definition) is 4. The predicted molar refractivity (Wildman–Crippen MR) is 102 cm³/mol. The smallest absolute Gasteiger partial charge is 0.261 e. The van der Waals surface area contributed by atoms with Crippen molar-refractivity contribution in [2.75, 3.05) is 37.9 Å². The molecule has 0 atom stereocenters. The van der Waals surface area contributed by atoms with Gasteiger partial charge in [-0.2, -0.15) is 0 Å². The van der Waals surface area contributed by atoms with Crippen molar-refractivity contribution in [2.24, 2.45) is 0 Å². The quantitative estimate of drug-likeness (QED) is 0.866. The van der Waals surface area contributed by atoms with Gasteiger partial charge < -0.3 is 9.80 Å². The zero-order valence-corrected chi connectivity index (χ0v) is 15.9. The molecular weight excluding hydrogens is 374 g/mol. The number of carbonyl (C=O) groups is 1. The second-order valence-corrected chi connectivity index (χ2v) is 8.35. The van der Waals surface area contributed by atoms with E-state index in [1.807, 2.05) is 7.05 Å². The van der Waals surface area contributed by atoms with Crippen LogP contribution in [0, 0.1) is 0 Å². The van der Waals surface area contributed by atoms with E-state index in [2.05, 4.69) is 9.62 Å². The Balaban J connectivity index is 1.79. The topological polar surface area (TPSA) is 69.7 Å². The number of hydrogen-bond donors (Lipinski definition) is 1. The van der Waals surface area contributed by atoms with Crippen LogP contribution in [-0.2, 0) is 10.0 Å². The zero-order valence-electron chi connectivity index (χ0n) is 14.4. The highest BCUT2D eigenvalue weighted by molar-refractivity contribution is 7.92. The molecule has 2 aromatic rings. The fraction of sp³-hybridized carbons (Fsp3) is 0.278. The van der Waals surface area contributed by atoms with Crippen LogP contribution < -0.4 is 4.72 Å². The van der Waals surface area contributed by atoms with Gasteiger partial charge in [-0.05, 0) is 49.5 Å². The maximum atomic E-state index is 12.7. The summed E-state index contributed by atoms with van der Waals surface area (Å²) in [6, 6.07) is 12.5. The van der Waals surface area contributed by atoms with Gasteiger partial charge in [0.25, 0.3) is 15.9 Å². The fourth-order valence-corrected chi connectivity index (χ4v) is 3.95. The molecule has 138 valence electrons. The Kier molecular flexibility index (Phi) is 5.50. The molecule has 0 radical (unpaired) electrons. The summed E-state index contributed by atoms with van der Waals surface area (Å²) >= 11 is 5.82. The van der Waals surface area contributed by atoms with Crippen molar-refractivity contribution in [3.05, 3.63) is 59.1 Å². The zero-order chi connectivity index (χ0) is 18.7. The third-order valence-corrected chi connectivity index (χ3v) is 5.91. The molecule has 0 bridgehead atoms. The van der Waals surface area contributed by atoms with Crippen molar-refractivity contribution in [1.29, 1.82) is 0 Å². The van der Waals surface area contributed by atoms with Gasteiger partial charge in [0.1, 0.15) is 0 Å². The number of nitrogens with zero attached hydrogens (tertiary/aromatic N) is 2. The first-order valence-corrected chi connectivity index (χ1v) is 10.1. The molecule has 1 heterocycles. The minimum Gasteiger partial charge on any atom is -0.336 e. The summed E-state index contributed by atoms with van der Waals surface area (Å²) < 4.78 is 27.7. The Morgan fingerprint density at radius 3 is 2.35 bits per heavy atom. The largest absolute Gasteiger partial charge is 0.336 e. The SMILES string of the molecule is CN1CCN(C(=O)c2cccc(S(=O)(=O)Nc3ccc(Cl)cc3)c2)CC1. The number of halogens is 1. The van der Waals surface area contributed by atoms with Crippen LogP contribution in [0.5, 0.6) is 0 Å². The van der Waals surface area contributed by atoms with E-state index in [1.54, 1.807) is 41.3 Å². The highest BCUT2D eigenvalue weighted by atomic mass is 35.5. The van der Waals surface area contributed by atoms with Crippen LogP contribution in [0.15, 0.2) is 53.4 Å². The average molecular weight is 394 g/mol. The fourth-order valence-electron chi connectivity index (χ4n) is 2.72. The van der Waals surface area contributed by atoms with Crippen LogP contribution in [0.25, 0.3) is 0 Å². The van der Waals surface area contributed by atoms with Crippen molar-refractivity contribution in [1.82, 2.24) is 9.80 Å². The molecular formula is C18H20ClN3O3S. The number of anilines is 1. The molecule has 1 saturated heterocycles. The lowest BCUT2D eigenvalue weighted by Crippen LogP contribution is -2.47. The number of piperazine rings is 1. The number of likely N-dealkylation sites (N-methyl/N-ethyl adjacent to an activating group) is 1. The number of rotatable bonds is 4. The summed E-state index contributed by atoms with van der Waals surface area (Å²) in [5, 5.41) is 0.521. The lowest BCUT2D eigenvalue weighted by atomic mass is 10.2. The van der Waals surface area contributed by atoms with Crippen molar-refractivity contribution >= 4 is 33.2 Å². The molecule has 0 saturated carbocycles. The standard InChI is InChI=1S/C18H20ClN3O3S/c1-21-9-11-22(12-10-21)18(23)14-3-2-4-17(13-14)26(24,25)20-16-7-5-15(19)6-8-16/h2-8,13,20H,9-12H2,1H3. The molecule has 1 fully saturated rings. The van der Waals surface area contributed by atoms with Gasteiger partial charge in [0, 0.05) is 42.5 Å². The van der Waals surface area contributed by atoms with Crippen molar-refractivity contribution in [2.45, 2.75) is 4.90 Å². The maximum absolute atomic E-state index is 12.7. The Morgan fingerprint density at radius 2 is 1.69 bits per heavy atom. The van der Waals surface area contributed by atoms with E-state index >= 15 is 0 Å². The lowest BCUT2D eigenvalue weighted by Gasteiger charge is -2.32. The van der Waals surface area contributed by atoms with Crippen molar-refractivity contribution < 1.29 is 13.2 Å². The van der Waals surface area contributed by atoms with Crippen LogP contribution >= 0.6 is 11.6 Å². The van der Waals surface area contributed by atoms with Crippen LogP contribution in [0.2, 0.25) is 5.02 Å². The van der Waals surface area contributed by atoms with Crippen LogP contribution in [0.3, 0.4) is 0 Å². The second kappa shape index (κ2) is 7.65. The summed E-state index contributed by atoms with van der Waals surface area (Å²) in [5.74, 6) is -0.151. The van der Waals surface area contributed by atoms with E-state index in [0.29, 0.717) is 29.4 Å². The van der Waals surface area contributed by atoms with Gasteiger partial charge in [0.15, 0.2) is 0 Å². The van der Waals surface area contributed by atoms with Gasteiger partial charge in [-0.3, -0.25) is 9.52 Å². The third-order valence-electron chi connectivity index (χ3n) is 4.28. The average Bonchev–Trinajstić information content (AvgIpc) is 2.64. The molecule has 1 aliphatic rings. The minimum atomic E-state index is -3.79. The molecule has 2 aromatic carbocycles. The number of benzene rings is 2. The first-order chi connectivity index (χ1) is 12.3. The van der Waals surface area contributed by atoms with Gasteiger partial charge in [-0.25, -0.2) is 8.42 Å². The number of nitrogens with one attached hydrogen (secondary N) is 1. The Hall–Kier alpha value is -2.09. The van der Waals surface area contributed by atoms with Gasteiger partial charge >= 0.3 is 0 Å². The van der Waals surface area contributed by atoms with E-state index in [0.717, 1.165) is 13.1 Å². The normalized spacial score (nSPS) is 15.7. The summed E-state index contributed by atoms with van der Waals surface area (Å²) in [7, 11) is -1.78. The Morgan fingerprint density at radius 1 is 1.04 bits per heavy atom. The molecule has 1 aliphatic heterocycles. The number of carbonyl (C=O) groups excluding carboxylic acids is 1. The van der Waals surface area contributed by atoms with Crippen LogP contribution in [0.1, 0.15) is 10.4 Å². The van der Waals surface area contributed by atoms with Crippen LogP contribution in [-0.4, -0.2) is 57.4 Å². The molecule has 6 nitrogen and oxygen atoms in total. The highest BCUT2D eigenvalue weighted by Crippen LogP contribution is 2.20. The predicted octanol–water partition coefficient (Wildman–Crippen LogP) is 2.53. The summed E-state index contributed by atoms with van der Waals surface area (Å²) in [5.41, 5.74) is 0.777. The minimum absolute atomic E-state index is 0.0485. The van der Waals surface area contributed by atoms with E-state index in [-0.39, 0.29) is 10.8 Å². The van der Waals surface area contributed by atoms with Crippen molar-refractivity contribution in [3.8, 4) is 0 Å². The number of amides is 1. The second-order valence-electron chi connectivity index (χ2n) is 6.24. The molecule has 0 spiro atoms. The molecule has 0 unspecified atom stereocenters. The lowest BCUT2D eigenvalue weighted by molar-refractivity contribution is 0.0664. The first-order valence-electron chi connectivity index (χ1n) is 8.21. The van der Waals surface area contributed by atoms with Crippen molar-refractivity contribution in [3.63, 3.8) is 0 Å². The van der Waals surface area contributed by atoms with E-state index in [1.165, 1.54) is 12.1 Å². The van der Waals surface area contributed by atoms with E-state index in [9.17, 15) is 13.2 Å².